The topological polar surface area (TPSA) is 46.2 Å². The lowest BCUT2D eigenvalue weighted by molar-refractivity contribution is -0.126. The Labute approximate surface area is 80.6 Å². The second-order valence-corrected chi connectivity index (χ2v) is 5.73. The van der Waals surface area contributed by atoms with E-state index in [2.05, 4.69) is 5.32 Å². The maximum absolute atomic E-state index is 11.8. The zero-order chi connectivity index (χ0) is 10.8. The Morgan fingerprint density at radius 1 is 1.21 bits per heavy atom. The van der Waals surface area contributed by atoms with Crippen LogP contribution < -0.4 is 5.32 Å². The summed E-state index contributed by atoms with van der Waals surface area (Å²) in [7, 11) is -2.99. The van der Waals surface area contributed by atoms with Crippen molar-refractivity contribution < 1.29 is 21.6 Å². The molecule has 84 valence electrons. The third-order valence-electron chi connectivity index (χ3n) is 2.15. The van der Waals surface area contributed by atoms with Crippen molar-refractivity contribution in [1.29, 1.82) is 0 Å². The minimum atomic E-state index is -4.23. The molecule has 0 aromatic rings. The predicted molar refractivity (Wildman–Crippen MR) is 45.7 cm³/mol. The molecule has 1 saturated heterocycles. The first kappa shape index (κ1) is 11.8. The molecular formula is C7H12F3NO2S. The second-order valence-electron chi connectivity index (χ2n) is 3.42. The van der Waals surface area contributed by atoms with Crippen LogP contribution in [-0.4, -0.2) is 38.7 Å². The molecule has 0 saturated carbocycles. The molecule has 0 atom stereocenters. The zero-order valence-corrected chi connectivity index (χ0v) is 8.29. The van der Waals surface area contributed by atoms with Gasteiger partial charge in [0, 0.05) is 6.04 Å². The van der Waals surface area contributed by atoms with Crippen molar-refractivity contribution in [1.82, 2.24) is 5.32 Å². The van der Waals surface area contributed by atoms with Crippen LogP contribution in [0.5, 0.6) is 0 Å². The average Bonchev–Trinajstić information content (AvgIpc) is 2.01. The van der Waals surface area contributed by atoms with Gasteiger partial charge in [0.05, 0.1) is 18.1 Å². The fraction of sp³-hybridized carbons (Fsp3) is 1.00. The quantitative estimate of drug-likeness (QED) is 0.761. The standard InChI is InChI=1S/C7H12F3NO2S/c8-7(9,10)5-11-6-1-3-14(12,13)4-2-6/h6,11H,1-5H2. The summed E-state index contributed by atoms with van der Waals surface area (Å²) in [4.78, 5) is 0. The Balaban J connectivity index is 2.30. The van der Waals surface area contributed by atoms with Crippen molar-refractivity contribution >= 4 is 9.84 Å². The second kappa shape index (κ2) is 4.06. The minimum absolute atomic E-state index is 0.0114. The monoisotopic (exact) mass is 231 g/mol. The number of rotatable bonds is 2. The van der Waals surface area contributed by atoms with Crippen molar-refractivity contribution in [3.8, 4) is 0 Å². The molecule has 14 heavy (non-hydrogen) atoms. The van der Waals surface area contributed by atoms with Crippen LogP contribution in [-0.2, 0) is 9.84 Å². The van der Waals surface area contributed by atoms with Crippen LogP contribution in [0.1, 0.15) is 12.8 Å². The van der Waals surface area contributed by atoms with E-state index in [9.17, 15) is 21.6 Å². The molecule has 1 N–H and O–H groups in total. The molecule has 3 nitrogen and oxygen atoms in total. The molecule has 0 aromatic carbocycles. The van der Waals surface area contributed by atoms with Gasteiger partial charge in [-0.3, -0.25) is 0 Å². The third kappa shape index (κ3) is 4.28. The molecule has 1 rings (SSSR count). The molecule has 1 aliphatic heterocycles. The Bertz CT molecular complexity index is 272. The summed E-state index contributed by atoms with van der Waals surface area (Å²) in [5.74, 6) is -0.0228. The first-order valence-electron chi connectivity index (χ1n) is 4.29. The van der Waals surface area contributed by atoms with E-state index in [1.165, 1.54) is 0 Å². The van der Waals surface area contributed by atoms with Crippen LogP contribution in [0, 0.1) is 0 Å². The highest BCUT2D eigenvalue weighted by atomic mass is 32.2. The van der Waals surface area contributed by atoms with Gasteiger partial charge in [-0.15, -0.1) is 0 Å². The van der Waals surface area contributed by atoms with Crippen LogP contribution in [0.4, 0.5) is 13.2 Å². The Morgan fingerprint density at radius 3 is 2.14 bits per heavy atom. The molecule has 0 spiro atoms. The maximum atomic E-state index is 11.8. The maximum Gasteiger partial charge on any atom is 0.401 e. The van der Waals surface area contributed by atoms with E-state index >= 15 is 0 Å². The van der Waals surface area contributed by atoms with Gasteiger partial charge in [0.1, 0.15) is 9.84 Å². The van der Waals surface area contributed by atoms with Gasteiger partial charge in [-0.2, -0.15) is 13.2 Å². The zero-order valence-electron chi connectivity index (χ0n) is 7.47. The smallest absolute Gasteiger partial charge is 0.306 e. The van der Waals surface area contributed by atoms with E-state index in [1.54, 1.807) is 0 Å². The average molecular weight is 231 g/mol. The number of alkyl halides is 3. The summed E-state index contributed by atoms with van der Waals surface area (Å²) in [5, 5.41) is 2.31. The summed E-state index contributed by atoms with van der Waals surface area (Å²) >= 11 is 0. The minimum Gasteiger partial charge on any atom is -0.306 e. The van der Waals surface area contributed by atoms with Crippen molar-refractivity contribution in [2.75, 3.05) is 18.1 Å². The molecule has 0 aromatic heterocycles. The van der Waals surface area contributed by atoms with Gasteiger partial charge in [0.15, 0.2) is 0 Å². The lowest BCUT2D eigenvalue weighted by Gasteiger charge is -2.23. The summed E-state index contributed by atoms with van der Waals surface area (Å²) in [5.41, 5.74) is 0. The highest BCUT2D eigenvalue weighted by Gasteiger charge is 2.30. The number of sulfone groups is 1. The lowest BCUT2D eigenvalue weighted by Crippen LogP contribution is -2.41. The third-order valence-corrected chi connectivity index (χ3v) is 3.86. The Kier molecular flexibility index (Phi) is 3.41. The molecule has 0 aliphatic carbocycles. The van der Waals surface area contributed by atoms with E-state index in [4.69, 9.17) is 0 Å². The van der Waals surface area contributed by atoms with Crippen molar-refractivity contribution in [3.63, 3.8) is 0 Å². The lowest BCUT2D eigenvalue weighted by atomic mass is 10.1. The van der Waals surface area contributed by atoms with Crippen LogP contribution >= 0.6 is 0 Å². The van der Waals surface area contributed by atoms with Crippen LogP contribution in [0.2, 0.25) is 0 Å². The van der Waals surface area contributed by atoms with Gasteiger partial charge in [-0.05, 0) is 12.8 Å². The van der Waals surface area contributed by atoms with Gasteiger partial charge in [0.2, 0.25) is 0 Å². The van der Waals surface area contributed by atoms with E-state index in [-0.39, 0.29) is 30.4 Å². The highest BCUT2D eigenvalue weighted by molar-refractivity contribution is 7.91. The van der Waals surface area contributed by atoms with Gasteiger partial charge >= 0.3 is 6.18 Å². The highest BCUT2D eigenvalue weighted by Crippen LogP contribution is 2.16. The SMILES string of the molecule is O=S1(=O)CCC(NCC(F)(F)F)CC1. The molecule has 0 amide bonds. The number of halogens is 3. The largest absolute Gasteiger partial charge is 0.401 e. The van der Waals surface area contributed by atoms with E-state index in [1.807, 2.05) is 0 Å². The first-order chi connectivity index (χ1) is 6.29. The molecule has 0 bridgehead atoms. The van der Waals surface area contributed by atoms with Crippen LogP contribution in [0.25, 0.3) is 0 Å². The summed E-state index contributed by atoms with van der Waals surface area (Å²) in [6.45, 7) is -1.04. The number of hydrogen-bond acceptors (Lipinski definition) is 3. The van der Waals surface area contributed by atoms with Gasteiger partial charge in [-0.1, -0.05) is 0 Å². The normalized spacial score (nSPS) is 23.6. The first-order valence-corrected chi connectivity index (χ1v) is 6.11. The van der Waals surface area contributed by atoms with Gasteiger partial charge in [-0.25, -0.2) is 8.42 Å². The predicted octanol–water partition coefficient (Wildman–Crippen LogP) is 0.716. The van der Waals surface area contributed by atoms with Crippen molar-refractivity contribution in [3.05, 3.63) is 0 Å². The van der Waals surface area contributed by atoms with E-state index < -0.39 is 22.6 Å². The molecule has 1 heterocycles. The molecular weight excluding hydrogens is 219 g/mol. The number of hydrogen-bond donors (Lipinski definition) is 1. The molecule has 1 fully saturated rings. The summed E-state index contributed by atoms with van der Waals surface area (Å²) in [6, 6.07) is -0.319. The molecule has 0 radical (unpaired) electrons. The van der Waals surface area contributed by atoms with Crippen molar-refractivity contribution in [2.24, 2.45) is 0 Å². The Hall–Kier alpha value is -0.300. The summed E-state index contributed by atoms with van der Waals surface area (Å²) < 4.78 is 57.2. The molecule has 0 unspecified atom stereocenters. The molecule has 1 aliphatic rings. The molecule has 7 heteroatoms. The fourth-order valence-electron chi connectivity index (χ4n) is 1.35. The van der Waals surface area contributed by atoms with Crippen LogP contribution in [0.15, 0.2) is 0 Å². The number of nitrogens with one attached hydrogen (secondary N) is 1. The van der Waals surface area contributed by atoms with Gasteiger partial charge < -0.3 is 5.32 Å². The van der Waals surface area contributed by atoms with Gasteiger partial charge in [0.25, 0.3) is 0 Å². The Morgan fingerprint density at radius 2 is 1.71 bits per heavy atom. The van der Waals surface area contributed by atoms with Crippen LogP contribution in [0.3, 0.4) is 0 Å². The van der Waals surface area contributed by atoms with E-state index in [0.29, 0.717) is 0 Å². The fourth-order valence-corrected chi connectivity index (χ4v) is 2.85. The van der Waals surface area contributed by atoms with Crippen molar-refractivity contribution in [2.45, 2.75) is 25.1 Å². The van der Waals surface area contributed by atoms with E-state index in [0.717, 1.165) is 0 Å². The summed E-state index contributed by atoms with van der Waals surface area (Å²) in [6.07, 6.45) is -3.67.